The first kappa shape index (κ1) is 28.5. The smallest absolute Gasteiger partial charge is 0.164 e. The van der Waals surface area contributed by atoms with Crippen molar-refractivity contribution in [3.8, 4) is 55.9 Å². The van der Waals surface area contributed by atoms with Gasteiger partial charge in [0, 0.05) is 39.1 Å². The quantitative estimate of drug-likeness (QED) is 0.184. The monoisotopic (exact) mass is 658 g/mol. The molecule has 234 valence electrons. The Kier molecular flexibility index (Phi) is 6.60. The van der Waals surface area contributed by atoms with Crippen molar-refractivity contribution in [2.75, 3.05) is 0 Å². The number of fused-ring (bicyclic) bond motifs is 5. The van der Waals surface area contributed by atoms with Crippen molar-refractivity contribution in [1.82, 2.24) is 19.9 Å². The predicted octanol–water partition coefficient (Wildman–Crippen LogP) is 11.9. The van der Waals surface area contributed by atoms with Gasteiger partial charge in [0.15, 0.2) is 17.5 Å². The van der Waals surface area contributed by atoms with Gasteiger partial charge in [-0.15, -0.1) is 11.3 Å². The standard InChI is InChI=1S/C44H26N4OS/c1-3-10-27(11-4-1)29-18-21-31(22-19-29)44-45-36-25-35-38(26-39(36)50-44)49-37-17-9-16-34(40(35)37)43-47-41(30-13-5-2-6-14-30)46-42(48-43)33-23-20-28-12-7-8-15-32(28)24-33/h1-26H. The molecule has 0 spiro atoms. The summed E-state index contributed by atoms with van der Waals surface area (Å²) in [6.45, 7) is 0. The molecule has 0 aliphatic carbocycles. The Morgan fingerprint density at radius 3 is 1.86 bits per heavy atom. The van der Waals surface area contributed by atoms with Gasteiger partial charge in [-0.2, -0.15) is 0 Å². The second-order valence-electron chi connectivity index (χ2n) is 12.3. The van der Waals surface area contributed by atoms with Crippen LogP contribution in [-0.4, -0.2) is 19.9 Å². The van der Waals surface area contributed by atoms with Crippen molar-refractivity contribution in [2.24, 2.45) is 0 Å². The maximum Gasteiger partial charge on any atom is 0.164 e. The number of hydrogen-bond donors (Lipinski definition) is 0. The number of benzene rings is 7. The van der Waals surface area contributed by atoms with E-state index in [0.717, 1.165) is 64.8 Å². The fourth-order valence-electron chi connectivity index (χ4n) is 6.66. The van der Waals surface area contributed by atoms with Gasteiger partial charge in [-0.25, -0.2) is 19.9 Å². The molecule has 5 nitrogen and oxygen atoms in total. The number of aromatic nitrogens is 4. The highest BCUT2D eigenvalue weighted by Gasteiger charge is 2.19. The van der Waals surface area contributed by atoms with Crippen molar-refractivity contribution in [3.63, 3.8) is 0 Å². The maximum absolute atomic E-state index is 6.49. The first-order valence-corrected chi connectivity index (χ1v) is 17.3. The molecule has 3 aromatic heterocycles. The zero-order valence-electron chi connectivity index (χ0n) is 26.6. The number of rotatable bonds is 5. The third kappa shape index (κ3) is 4.93. The molecule has 0 aliphatic rings. The van der Waals surface area contributed by atoms with Crippen molar-refractivity contribution in [3.05, 3.63) is 158 Å². The van der Waals surface area contributed by atoms with Crippen LogP contribution in [-0.2, 0) is 0 Å². The fraction of sp³-hybridized carbons (Fsp3) is 0. The molecular weight excluding hydrogens is 633 g/mol. The molecule has 3 heterocycles. The molecule has 50 heavy (non-hydrogen) atoms. The van der Waals surface area contributed by atoms with Crippen molar-refractivity contribution in [2.45, 2.75) is 0 Å². The second kappa shape index (κ2) is 11.6. The van der Waals surface area contributed by atoms with E-state index in [0.29, 0.717) is 17.5 Å². The van der Waals surface area contributed by atoms with Crippen LogP contribution >= 0.6 is 11.3 Å². The van der Waals surface area contributed by atoms with E-state index in [9.17, 15) is 0 Å². The van der Waals surface area contributed by atoms with Gasteiger partial charge < -0.3 is 4.42 Å². The third-order valence-electron chi connectivity index (χ3n) is 9.16. The Bertz CT molecular complexity index is 2860. The molecule has 0 bridgehead atoms. The fourth-order valence-corrected chi connectivity index (χ4v) is 7.64. The number of hydrogen-bond acceptors (Lipinski definition) is 6. The topological polar surface area (TPSA) is 64.7 Å². The summed E-state index contributed by atoms with van der Waals surface area (Å²) in [5, 5.41) is 5.22. The van der Waals surface area contributed by atoms with Gasteiger partial charge >= 0.3 is 0 Å². The van der Waals surface area contributed by atoms with Crippen LogP contribution in [0.3, 0.4) is 0 Å². The summed E-state index contributed by atoms with van der Waals surface area (Å²) < 4.78 is 7.56. The van der Waals surface area contributed by atoms with E-state index >= 15 is 0 Å². The summed E-state index contributed by atoms with van der Waals surface area (Å²) in [5.41, 5.74) is 8.73. The molecule has 0 fully saturated rings. The van der Waals surface area contributed by atoms with Gasteiger partial charge in [0.1, 0.15) is 16.2 Å². The van der Waals surface area contributed by atoms with Crippen LogP contribution in [0, 0.1) is 0 Å². The first-order valence-electron chi connectivity index (χ1n) is 16.5. The normalized spacial score (nSPS) is 11.6. The van der Waals surface area contributed by atoms with Gasteiger partial charge in [-0.3, -0.25) is 0 Å². The summed E-state index contributed by atoms with van der Waals surface area (Å²) in [6.07, 6.45) is 0. The van der Waals surface area contributed by atoms with Crippen molar-refractivity contribution < 1.29 is 4.42 Å². The number of thiazole rings is 1. The van der Waals surface area contributed by atoms with Crippen LogP contribution in [0.1, 0.15) is 0 Å². The van der Waals surface area contributed by atoms with E-state index < -0.39 is 0 Å². The summed E-state index contributed by atoms with van der Waals surface area (Å²) in [5.74, 6) is 1.83. The average molecular weight is 659 g/mol. The van der Waals surface area contributed by atoms with E-state index in [4.69, 9.17) is 24.4 Å². The Labute approximate surface area is 291 Å². The van der Waals surface area contributed by atoms with Crippen molar-refractivity contribution >= 4 is 54.3 Å². The molecule has 0 unspecified atom stereocenters. The zero-order chi connectivity index (χ0) is 33.0. The lowest BCUT2D eigenvalue weighted by molar-refractivity contribution is 0.669. The van der Waals surface area contributed by atoms with Gasteiger partial charge in [0.25, 0.3) is 0 Å². The Balaban J connectivity index is 1.12. The molecule has 10 rings (SSSR count). The minimum atomic E-state index is 0.591. The Morgan fingerprint density at radius 1 is 0.420 bits per heavy atom. The van der Waals surface area contributed by atoms with Crippen LogP contribution in [0.5, 0.6) is 0 Å². The molecule has 0 atom stereocenters. The van der Waals surface area contributed by atoms with E-state index in [-0.39, 0.29) is 0 Å². The summed E-state index contributed by atoms with van der Waals surface area (Å²) in [7, 11) is 0. The molecule has 6 heteroatoms. The summed E-state index contributed by atoms with van der Waals surface area (Å²) in [6, 6.07) is 54.1. The molecule has 0 amide bonds. The van der Waals surface area contributed by atoms with E-state index in [1.807, 2.05) is 48.5 Å². The van der Waals surface area contributed by atoms with Crippen molar-refractivity contribution in [1.29, 1.82) is 0 Å². The third-order valence-corrected chi connectivity index (χ3v) is 10.2. The molecule has 0 aliphatic heterocycles. The largest absolute Gasteiger partial charge is 0.456 e. The van der Waals surface area contributed by atoms with Crippen LogP contribution < -0.4 is 0 Å². The van der Waals surface area contributed by atoms with E-state index in [1.54, 1.807) is 11.3 Å². The SMILES string of the molecule is c1ccc(-c2ccc(-c3nc4cc5c(cc4s3)oc3cccc(-c4nc(-c6ccccc6)nc(-c6ccc7ccccc7c6)n4)c35)cc2)cc1. The Morgan fingerprint density at radius 2 is 1.06 bits per heavy atom. The van der Waals surface area contributed by atoms with E-state index in [1.165, 1.54) is 16.5 Å². The van der Waals surface area contributed by atoms with Gasteiger partial charge in [-0.05, 0) is 40.1 Å². The molecule has 7 aromatic carbocycles. The lowest BCUT2D eigenvalue weighted by atomic mass is 10.0. The highest BCUT2D eigenvalue weighted by molar-refractivity contribution is 7.21. The zero-order valence-corrected chi connectivity index (χ0v) is 27.4. The minimum Gasteiger partial charge on any atom is -0.456 e. The molecule has 10 aromatic rings. The van der Waals surface area contributed by atoms with Crippen LogP contribution in [0.15, 0.2) is 162 Å². The van der Waals surface area contributed by atoms with Gasteiger partial charge in [0.2, 0.25) is 0 Å². The predicted molar refractivity (Wildman–Crippen MR) is 205 cm³/mol. The Hall–Kier alpha value is -6.50. The molecule has 0 N–H and O–H groups in total. The van der Waals surface area contributed by atoms with Crippen LogP contribution in [0.4, 0.5) is 0 Å². The van der Waals surface area contributed by atoms with Crippen LogP contribution in [0.2, 0.25) is 0 Å². The lowest BCUT2D eigenvalue weighted by Crippen LogP contribution is -2.00. The molecular formula is C44H26N4OS. The highest BCUT2D eigenvalue weighted by Crippen LogP contribution is 2.40. The molecule has 0 saturated carbocycles. The average Bonchev–Trinajstić information content (AvgIpc) is 3.78. The summed E-state index contributed by atoms with van der Waals surface area (Å²) >= 11 is 1.67. The molecule has 0 radical (unpaired) electrons. The summed E-state index contributed by atoms with van der Waals surface area (Å²) in [4.78, 5) is 20.2. The van der Waals surface area contributed by atoms with Gasteiger partial charge in [0.05, 0.1) is 10.2 Å². The van der Waals surface area contributed by atoms with Crippen LogP contribution in [0.25, 0.3) is 98.8 Å². The number of furan rings is 1. The minimum absolute atomic E-state index is 0.591. The van der Waals surface area contributed by atoms with E-state index in [2.05, 4.69) is 109 Å². The first-order chi connectivity index (χ1) is 24.7. The number of nitrogens with zero attached hydrogens (tertiary/aromatic N) is 4. The lowest BCUT2D eigenvalue weighted by Gasteiger charge is -2.10. The maximum atomic E-state index is 6.49. The molecule has 0 saturated heterocycles. The van der Waals surface area contributed by atoms with Gasteiger partial charge in [-0.1, -0.05) is 133 Å². The highest BCUT2D eigenvalue weighted by atomic mass is 32.1. The second-order valence-corrected chi connectivity index (χ2v) is 13.3.